The van der Waals surface area contributed by atoms with Crippen LogP contribution in [-0.4, -0.2) is 31.8 Å². The molecule has 2 rings (SSSR count). The molecule has 0 aliphatic carbocycles. The van der Waals surface area contributed by atoms with Crippen LogP contribution in [0.4, 0.5) is 11.4 Å². The minimum absolute atomic E-state index is 0.00929. The highest BCUT2D eigenvalue weighted by Crippen LogP contribution is 2.18. The van der Waals surface area contributed by atoms with Gasteiger partial charge in [-0.1, -0.05) is 6.07 Å². The van der Waals surface area contributed by atoms with E-state index in [1.54, 1.807) is 6.07 Å². The largest absolute Gasteiger partial charge is 0.399 e. The van der Waals surface area contributed by atoms with E-state index in [-0.39, 0.29) is 12.0 Å². The number of carbonyl (C=O) groups excluding carboxylic acids is 1. The summed E-state index contributed by atoms with van der Waals surface area (Å²) in [4.78, 5) is 11.8. The van der Waals surface area contributed by atoms with E-state index >= 15 is 0 Å². The first-order chi connectivity index (χ1) is 9.65. The molecule has 0 saturated carbocycles. The second-order valence-electron chi connectivity index (χ2n) is 5.08. The van der Waals surface area contributed by atoms with Gasteiger partial charge in [0.1, 0.15) is 0 Å². The Bertz CT molecular complexity index is 456. The number of nitrogen functional groups attached to an aromatic ring is 1. The monoisotopic (exact) mass is 278 g/mol. The Balaban J connectivity index is 1.68. The van der Waals surface area contributed by atoms with Crippen molar-refractivity contribution < 1.29 is 14.3 Å². The SMILES string of the molecule is Cc1ccc(N)cc1NC(=O)CCCOC1CCOC1. The zero-order chi connectivity index (χ0) is 14.4. The molecule has 1 fully saturated rings. The molecule has 5 nitrogen and oxygen atoms in total. The number of rotatable bonds is 6. The van der Waals surface area contributed by atoms with Crippen LogP contribution in [0.2, 0.25) is 0 Å². The first-order valence-corrected chi connectivity index (χ1v) is 7.00. The number of hydrogen-bond acceptors (Lipinski definition) is 4. The van der Waals surface area contributed by atoms with Gasteiger partial charge in [0, 0.05) is 31.0 Å². The van der Waals surface area contributed by atoms with E-state index in [0.717, 1.165) is 24.3 Å². The summed E-state index contributed by atoms with van der Waals surface area (Å²) in [5.41, 5.74) is 8.14. The molecule has 1 aliphatic rings. The Labute approximate surface area is 119 Å². The molecule has 0 spiro atoms. The summed E-state index contributed by atoms with van der Waals surface area (Å²) in [7, 11) is 0. The van der Waals surface area contributed by atoms with E-state index in [9.17, 15) is 4.79 Å². The summed E-state index contributed by atoms with van der Waals surface area (Å²) in [6.07, 6.45) is 2.31. The van der Waals surface area contributed by atoms with Crippen LogP contribution >= 0.6 is 0 Å². The molecule has 1 aromatic rings. The molecule has 1 unspecified atom stereocenters. The molecule has 5 heteroatoms. The van der Waals surface area contributed by atoms with Gasteiger partial charge in [-0.15, -0.1) is 0 Å². The number of benzene rings is 1. The zero-order valence-corrected chi connectivity index (χ0v) is 11.9. The fourth-order valence-electron chi connectivity index (χ4n) is 2.11. The first kappa shape index (κ1) is 14.8. The lowest BCUT2D eigenvalue weighted by atomic mass is 10.1. The number of nitrogens with two attached hydrogens (primary N) is 1. The average molecular weight is 278 g/mol. The molecule has 1 atom stereocenters. The van der Waals surface area contributed by atoms with Crippen LogP contribution < -0.4 is 11.1 Å². The van der Waals surface area contributed by atoms with Gasteiger partial charge in [-0.05, 0) is 37.5 Å². The van der Waals surface area contributed by atoms with Crippen molar-refractivity contribution in [3.63, 3.8) is 0 Å². The van der Waals surface area contributed by atoms with E-state index in [2.05, 4.69) is 5.32 Å². The third-order valence-electron chi connectivity index (χ3n) is 3.33. The van der Waals surface area contributed by atoms with Crippen molar-refractivity contribution in [3.05, 3.63) is 23.8 Å². The zero-order valence-electron chi connectivity index (χ0n) is 11.9. The lowest BCUT2D eigenvalue weighted by Gasteiger charge is -2.11. The number of amides is 1. The minimum Gasteiger partial charge on any atom is -0.399 e. The highest BCUT2D eigenvalue weighted by atomic mass is 16.5. The van der Waals surface area contributed by atoms with Crippen LogP contribution in [-0.2, 0) is 14.3 Å². The average Bonchev–Trinajstić information content (AvgIpc) is 2.92. The van der Waals surface area contributed by atoms with E-state index in [1.165, 1.54) is 0 Å². The van der Waals surface area contributed by atoms with Gasteiger partial charge in [0.2, 0.25) is 5.91 Å². The van der Waals surface area contributed by atoms with Crippen molar-refractivity contribution in [1.82, 2.24) is 0 Å². The smallest absolute Gasteiger partial charge is 0.224 e. The van der Waals surface area contributed by atoms with Gasteiger partial charge in [0.25, 0.3) is 0 Å². The Kier molecular flexibility index (Phi) is 5.38. The molecule has 1 heterocycles. The van der Waals surface area contributed by atoms with Crippen LogP contribution in [0.3, 0.4) is 0 Å². The van der Waals surface area contributed by atoms with E-state index in [0.29, 0.717) is 31.7 Å². The molecular weight excluding hydrogens is 256 g/mol. The molecule has 3 N–H and O–H groups in total. The number of ether oxygens (including phenoxy) is 2. The second kappa shape index (κ2) is 7.26. The standard InChI is InChI=1S/C15H22N2O3/c1-11-4-5-12(16)9-14(11)17-15(18)3-2-7-20-13-6-8-19-10-13/h4-5,9,13H,2-3,6-8,10,16H2,1H3,(H,17,18). The Morgan fingerprint density at radius 1 is 1.55 bits per heavy atom. The molecule has 0 radical (unpaired) electrons. The molecule has 0 bridgehead atoms. The lowest BCUT2D eigenvalue weighted by molar-refractivity contribution is -0.116. The fraction of sp³-hybridized carbons (Fsp3) is 0.533. The van der Waals surface area contributed by atoms with Crippen LogP contribution in [0.15, 0.2) is 18.2 Å². The van der Waals surface area contributed by atoms with Crippen LogP contribution in [0.25, 0.3) is 0 Å². The van der Waals surface area contributed by atoms with E-state index in [1.807, 2.05) is 19.1 Å². The summed E-state index contributed by atoms with van der Waals surface area (Å²) in [5.74, 6) is -0.00929. The summed E-state index contributed by atoms with van der Waals surface area (Å²) < 4.78 is 10.8. The fourth-order valence-corrected chi connectivity index (χ4v) is 2.11. The number of anilines is 2. The van der Waals surface area contributed by atoms with Gasteiger partial charge < -0.3 is 20.5 Å². The van der Waals surface area contributed by atoms with Crippen molar-refractivity contribution in [1.29, 1.82) is 0 Å². The molecular formula is C15H22N2O3. The molecule has 1 saturated heterocycles. The van der Waals surface area contributed by atoms with Crippen LogP contribution in [0.5, 0.6) is 0 Å². The highest BCUT2D eigenvalue weighted by molar-refractivity contribution is 5.91. The summed E-state index contributed by atoms with van der Waals surface area (Å²) >= 11 is 0. The van der Waals surface area contributed by atoms with Gasteiger partial charge in [-0.2, -0.15) is 0 Å². The maximum Gasteiger partial charge on any atom is 0.224 e. The Morgan fingerprint density at radius 2 is 2.40 bits per heavy atom. The van der Waals surface area contributed by atoms with Crippen molar-refractivity contribution in [2.45, 2.75) is 32.3 Å². The molecule has 1 aromatic carbocycles. The normalized spacial score (nSPS) is 18.1. The topological polar surface area (TPSA) is 73.6 Å². The van der Waals surface area contributed by atoms with Crippen LogP contribution in [0.1, 0.15) is 24.8 Å². The summed E-state index contributed by atoms with van der Waals surface area (Å²) in [6, 6.07) is 5.50. The summed E-state index contributed by atoms with van der Waals surface area (Å²) in [6.45, 7) is 3.99. The van der Waals surface area contributed by atoms with Gasteiger partial charge in [-0.25, -0.2) is 0 Å². The van der Waals surface area contributed by atoms with Gasteiger partial charge >= 0.3 is 0 Å². The number of nitrogens with one attached hydrogen (secondary N) is 1. The molecule has 20 heavy (non-hydrogen) atoms. The van der Waals surface area contributed by atoms with Gasteiger partial charge in [0.05, 0.1) is 12.7 Å². The Hall–Kier alpha value is -1.59. The van der Waals surface area contributed by atoms with Crippen molar-refractivity contribution in [2.75, 3.05) is 30.9 Å². The molecule has 110 valence electrons. The highest BCUT2D eigenvalue weighted by Gasteiger charge is 2.15. The third kappa shape index (κ3) is 4.51. The van der Waals surface area contributed by atoms with Crippen LogP contribution in [0, 0.1) is 6.92 Å². The second-order valence-corrected chi connectivity index (χ2v) is 5.08. The van der Waals surface area contributed by atoms with Gasteiger partial charge in [0.15, 0.2) is 0 Å². The van der Waals surface area contributed by atoms with Crippen molar-refractivity contribution >= 4 is 17.3 Å². The lowest BCUT2D eigenvalue weighted by Crippen LogP contribution is -2.16. The number of hydrogen-bond donors (Lipinski definition) is 2. The molecule has 1 aliphatic heterocycles. The molecule has 1 amide bonds. The minimum atomic E-state index is -0.00929. The van der Waals surface area contributed by atoms with Crippen molar-refractivity contribution in [3.8, 4) is 0 Å². The first-order valence-electron chi connectivity index (χ1n) is 7.00. The maximum absolute atomic E-state index is 11.8. The van der Waals surface area contributed by atoms with Crippen molar-refractivity contribution in [2.24, 2.45) is 0 Å². The Morgan fingerprint density at radius 3 is 3.15 bits per heavy atom. The third-order valence-corrected chi connectivity index (χ3v) is 3.33. The van der Waals surface area contributed by atoms with E-state index in [4.69, 9.17) is 15.2 Å². The molecule has 0 aromatic heterocycles. The summed E-state index contributed by atoms with van der Waals surface area (Å²) in [5, 5.41) is 2.88. The number of aryl methyl sites for hydroxylation is 1. The predicted molar refractivity (Wildman–Crippen MR) is 78.6 cm³/mol. The predicted octanol–water partition coefficient (Wildman–Crippen LogP) is 2.10. The van der Waals surface area contributed by atoms with Gasteiger partial charge in [-0.3, -0.25) is 4.79 Å². The quantitative estimate of drug-likeness (QED) is 0.617. The van der Waals surface area contributed by atoms with E-state index < -0.39 is 0 Å². The maximum atomic E-state index is 11.8. The number of carbonyl (C=O) groups is 1.